The number of benzene rings is 1. The Labute approximate surface area is 150 Å². The molecule has 0 unspecified atom stereocenters. The van der Waals surface area contributed by atoms with Crippen LogP contribution in [0.5, 0.6) is 0 Å². The smallest absolute Gasteiger partial charge is 0.237 e. The Morgan fingerprint density at radius 2 is 2.12 bits per heavy atom. The number of thioether (sulfide) groups is 1. The Bertz CT molecular complexity index is 714. The third-order valence-electron chi connectivity index (χ3n) is 3.94. The van der Waals surface area contributed by atoms with Crippen molar-refractivity contribution < 1.29 is 4.79 Å². The fourth-order valence-corrected chi connectivity index (χ4v) is 4.00. The molecule has 1 N–H and O–H groups in total. The number of halogens is 1. The number of carbonyl (C=O) groups excluding carboxylic acids is 1. The van der Waals surface area contributed by atoms with Gasteiger partial charge in [-0.15, -0.1) is 22.0 Å². The highest BCUT2D eigenvalue weighted by molar-refractivity contribution is 8.00. The molecule has 1 aromatic carbocycles. The van der Waals surface area contributed by atoms with Crippen molar-refractivity contribution in [3.63, 3.8) is 0 Å². The van der Waals surface area contributed by atoms with E-state index in [9.17, 15) is 4.79 Å². The molecule has 24 heavy (non-hydrogen) atoms. The minimum Gasteiger partial charge on any atom is -0.369 e. The fourth-order valence-electron chi connectivity index (χ4n) is 2.74. The molecule has 0 aliphatic carbocycles. The van der Waals surface area contributed by atoms with Crippen LogP contribution in [0.4, 0.5) is 11.6 Å². The van der Waals surface area contributed by atoms with Gasteiger partial charge in [-0.05, 0) is 31.4 Å². The molecular weight excluding hydrogens is 346 g/mol. The summed E-state index contributed by atoms with van der Waals surface area (Å²) in [7, 11) is 1.79. The molecule has 0 bridgehead atoms. The van der Waals surface area contributed by atoms with Gasteiger partial charge in [-0.2, -0.15) is 0 Å². The van der Waals surface area contributed by atoms with Gasteiger partial charge in [0.2, 0.25) is 11.9 Å². The Morgan fingerprint density at radius 1 is 1.33 bits per heavy atom. The minimum atomic E-state index is -0.110. The Morgan fingerprint density at radius 3 is 2.83 bits per heavy atom. The first-order chi connectivity index (χ1) is 11.6. The number of anilines is 2. The van der Waals surface area contributed by atoms with Crippen molar-refractivity contribution in [2.75, 3.05) is 29.1 Å². The zero-order chi connectivity index (χ0) is 16.9. The summed E-state index contributed by atoms with van der Waals surface area (Å²) in [6, 6.07) is 5.87. The van der Waals surface area contributed by atoms with E-state index in [1.165, 1.54) is 31.0 Å². The first-order valence-corrected chi connectivity index (χ1v) is 9.31. The summed E-state index contributed by atoms with van der Waals surface area (Å²) in [5, 5.41) is 11.1. The van der Waals surface area contributed by atoms with Gasteiger partial charge in [0.05, 0.1) is 16.5 Å². The minimum absolute atomic E-state index is 0.110. The van der Waals surface area contributed by atoms with Crippen LogP contribution in [0.1, 0.15) is 19.3 Å². The third-order valence-corrected chi connectivity index (χ3v) is 5.30. The fraction of sp³-hybridized carbons (Fsp3) is 0.438. The number of aromatic nitrogens is 3. The predicted octanol–water partition coefficient (Wildman–Crippen LogP) is 3.19. The summed E-state index contributed by atoms with van der Waals surface area (Å²) in [4.78, 5) is 15.5. The van der Waals surface area contributed by atoms with Crippen LogP contribution in [0, 0.1) is 0 Å². The Hall–Kier alpha value is -1.73. The molecule has 3 rings (SSSR count). The lowest BCUT2D eigenvalue weighted by molar-refractivity contribution is -0.113. The van der Waals surface area contributed by atoms with Crippen molar-refractivity contribution in [1.29, 1.82) is 0 Å². The molecule has 1 aromatic heterocycles. The number of para-hydroxylation sites is 1. The zero-order valence-corrected chi connectivity index (χ0v) is 15.1. The molecule has 6 nitrogen and oxygen atoms in total. The number of nitrogens with zero attached hydrogens (tertiary/aromatic N) is 4. The molecule has 0 saturated carbocycles. The van der Waals surface area contributed by atoms with E-state index in [2.05, 4.69) is 20.4 Å². The number of aryl methyl sites for hydroxylation is 1. The lowest BCUT2D eigenvalue weighted by Gasteiger charge is -2.31. The summed E-state index contributed by atoms with van der Waals surface area (Å²) in [6.45, 7) is 2.03. The summed E-state index contributed by atoms with van der Waals surface area (Å²) < 4.78 is 1.67. The molecule has 0 spiro atoms. The van der Waals surface area contributed by atoms with E-state index < -0.39 is 0 Å². The molecule has 0 radical (unpaired) electrons. The van der Waals surface area contributed by atoms with E-state index in [1.807, 2.05) is 18.2 Å². The molecule has 1 fully saturated rings. The van der Waals surface area contributed by atoms with E-state index in [0.29, 0.717) is 11.7 Å². The highest BCUT2D eigenvalue weighted by atomic mass is 35.5. The van der Waals surface area contributed by atoms with Crippen molar-refractivity contribution in [3.8, 4) is 0 Å². The van der Waals surface area contributed by atoms with E-state index in [4.69, 9.17) is 11.6 Å². The molecule has 0 atom stereocenters. The maximum absolute atomic E-state index is 12.1. The zero-order valence-electron chi connectivity index (χ0n) is 13.5. The Balaban J connectivity index is 1.67. The number of amides is 1. The SMILES string of the molecule is Cn1cnnc1NC(=O)CSc1cccc(Cl)c1N1CCCCC1. The van der Waals surface area contributed by atoms with E-state index >= 15 is 0 Å². The maximum Gasteiger partial charge on any atom is 0.237 e. The van der Waals surface area contributed by atoms with Crippen LogP contribution in [-0.4, -0.2) is 39.5 Å². The summed E-state index contributed by atoms with van der Waals surface area (Å²) >= 11 is 7.93. The predicted molar refractivity (Wildman–Crippen MR) is 97.9 cm³/mol. The second kappa shape index (κ2) is 7.90. The second-order valence-electron chi connectivity index (χ2n) is 5.74. The molecule has 1 saturated heterocycles. The number of hydrogen-bond donors (Lipinski definition) is 1. The van der Waals surface area contributed by atoms with E-state index in [-0.39, 0.29) is 5.91 Å². The van der Waals surface area contributed by atoms with Crippen LogP contribution in [0.3, 0.4) is 0 Å². The van der Waals surface area contributed by atoms with Gasteiger partial charge in [0, 0.05) is 25.0 Å². The number of hydrogen-bond acceptors (Lipinski definition) is 5. The lowest BCUT2D eigenvalue weighted by Crippen LogP contribution is -2.30. The summed E-state index contributed by atoms with van der Waals surface area (Å²) in [5.74, 6) is 0.636. The monoisotopic (exact) mass is 365 g/mol. The summed E-state index contributed by atoms with van der Waals surface area (Å²) in [5.41, 5.74) is 1.05. The standard InChI is InChI=1S/C16H20ClN5OS/c1-21-11-18-20-16(21)19-14(23)10-24-13-7-5-6-12(17)15(13)22-8-3-2-4-9-22/h5-7,11H,2-4,8-10H2,1H3,(H,19,20,23). The van der Waals surface area contributed by atoms with Crippen LogP contribution < -0.4 is 10.2 Å². The largest absolute Gasteiger partial charge is 0.369 e. The van der Waals surface area contributed by atoms with Gasteiger partial charge >= 0.3 is 0 Å². The van der Waals surface area contributed by atoms with Crippen molar-refractivity contribution in [3.05, 3.63) is 29.5 Å². The highest BCUT2D eigenvalue weighted by Crippen LogP contribution is 2.37. The molecule has 1 amide bonds. The highest BCUT2D eigenvalue weighted by Gasteiger charge is 2.18. The van der Waals surface area contributed by atoms with Gasteiger partial charge in [0.1, 0.15) is 6.33 Å². The molecule has 2 heterocycles. The van der Waals surface area contributed by atoms with Crippen molar-refractivity contribution in [2.24, 2.45) is 7.05 Å². The van der Waals surface area contributed by atoms with Gasteiger partial charge in [0.15, 0.2) is 0 Å². The molecule has 2 aromatic rings. The average Bonchev–Trinajstić information content (AvgIpc) is 2.98. The topological polar surface area (TPSA) is 63.1 Å². The van der Waals surface area contributed by atoms with Gasteiger partial charge in [-0.3, -0.25) is 10.1 Å². The van der Waals surface area contributed by atoms with Crippen LogP contribution in [0.15, 0.2) is 29.4 Å². The van der Waals surface area contributed by atoms with Crippen LogP contribution in [-0.2, 0) is 11.8 Å². The van der Waals surface area contributed by atoms with Crippen LogP contribution >= 0.6 is 23.4 Å². The van der Waals surface area contributed by atoms with Gasteiger partial charge in [0.25, 0.3) is 0 Å². The normalized spacial score (nSPS) is 14.7. The van der Waals surface area contributed by atoms with Crippen molar-refractivity contribution in [1.82, 2.24) is 14.8 Å². The average molecular weight is 366 g/mol. The lowest BCUT2D eigenvalue weighted by atomic mass is 10.1. The maximum atomic E-state index is 12.1. The van der Waals surface area contributed by atoms with Gasteiger partial charge in [-0.1, -0.05) is 17.7 Å². The Kier molecular flexibility index (Phi) is 5.63. The quantitative estimate of drug-likeness (QED) is 0.824. The number of piperidine rings is 1. The first-order valence-electron chi connectivity index (χ1n) is 7.95. The number of carbonyl (C=O) groups is 1. The second-order valence-corrected chi connectivity index (χ2v) is 7.16. The number of nitrogens with one attached hydrogen (secondary N) is 1. The van der Waals surface area contributed by atoms with Crippen LogP contribution in [0.2, 0.25) is 5.02 Å². The molecule has 1 aliphatic heterocycles. The van der Waals surface area contributed by atoms with Crippen molar-refractivity contribution in [2.45, 2.75) is 24.2 Å². The van der Waals surface area contributed by atoms with E-state index in [0.717, 1.165) is 28.7 Å². The van der Waals surface area contributed by atoms with Gasteiger partial charge in [-0.25, -0.2) is 0 Å². The molecule has 1 aliphatic rings. The van der Waals surface area contributed by atoms with E-state index in [1.54, 1.807) is 17.9 Å². The summed E-state index contributed by atoms with van der Waals surface area (Å²) in [6.07, 6.45) is 5.18. The van der Waals surface area contributed by atoms with Crippen LogP contribution in [0.25, 0.3) is 0 Å². The third kappa shape index (κ3) is 4.02. The number of rotatable bonds is 5. The molecule has 8 heteroatoms. The van der Waals surface area contributed by atoms with Gasteiger partial charge < -0.3 is 9.47 Å². The van der Waals surface area contributed by atoms with Crippen molar-refractivity contribution >= 4 is 40.9 Å². The molecular formula is C16H20ClN5OS. The first kappa shape index (κ1) is 17.1. The molecule has 128 valence electrons.